The maximum Gasteiger partial charge on any atom is 0.266 e. The van der Waals surface area contributed by atoms with Crippen LogP contribution in [0.15, 0.2) is 72.8 Å². The molecule has 4 aliphatic rings. The monoisotopic (exact) mass is 757 g/mol. The topological polar surface area (TPSA) is 122 Å². The molecule has 0 spiro atoms. The Morgan fingerprint density at radius 1 is 0.526 bits per heavy atom. The molecule has 4 aliphatic heterocycles. The summed E-state index contributed by atoms with van der Waals surface area (Å²) >= 11 is 0. The predicted molar refractivity (Wildman–Crippen MR) is 224 cm³/mol. The molecule has 10 rings (SSSR count). The van der Waals surface area contributed by atoms with Crippen molar-refractivity contribution in [3.05, 3.63) is 112 Å². The van der Waals surface area contributed by atoms with Gasteiger partial charge < -0.3 is 15.1 Å². The Labute approximate surface area is 330 Å². The van der Waals surface area contributed by atoms with Gasteiger partial charge in [0, 0.05) is 83.3 Å². The zero-order valence-corrected chi connectivity index (χ0v) is 32.4. The summed E-state index contributed by atoms with van der Waals surface area (Å²) in [5.74, 6) is -1.74. The van der Waals surface area contributed by atoms with Crippen LogP contribution in [0.4, 0.5) is 22.7 Å². The lowest BCUT2D eigenvalue weighted by atomic mass is 9.82. The largest absolute Gasteiger partial charge is 0.371 e. The normalized spacial score (nSPS) is 17.3. The van der Waals surface area contributed by atoms with Gasteiger partial charge in [-0.15, -0.1) is 0 Å². The van der Waals surface area contributed by atoms with Crippen LogP contribution in [-0.2, 0) is 0 Å². The average Bonchev–Trinajstić information content (AvgIpc) is 3.38. The fraction of sp³-hybridized carbons (Fsp3) is 0.283. The van der Waals surface area contributed by atoms with Crippen molar-refractivity contribution in [3.63, 3.8) is 0 Å². The number of nitrogens with one attached hydrogen (secondary N) is 2. The lowest BCUT2D eigenvalue weighted by Gasteiger charge is -2.34. The number of aryl methyl sites for hydroxylation is 3. The number of imide groups is 2. The van der Waals surface area contributed by atoms with E-state index in [9.17, 15) is 9.59 Å². The fourth-order valence-electron chi connectivity index (χ4n) is 9.64. The highest BCUT2D eigenvalue weighted by atomic mass is 16.2. The van der Waals surface area contributed by atoms with Crippen LogP contribution < -0.4 is 24.9 Å². The van der Waals surface area contributed by atoms with Crippen molar-refractivity contribution in [2.45, 2.75) is 46.5 Å². The lowest BCUT2D eigenvalue weighted by Crippen LogP contribution is -2.44. The fourth-order valence-corrected chi connectivity index (χ4v) is 9.64. The highest BCUT2D eigenvalue weighted by molar-refractivity contribution is 6.41. The maximum atomic E-state index is 15.3. The molecule has 0 bridgehead atoms. The number of piperazine rings is 1. The summed E-state index contributed by atoms with van der Waals surface area (Å²) in [7, 11) is 0. The van der Waals surface area contributed by atoms with Crippen molar-refractivity contribution in [2.24, 2.45) is 0 Å². The molecule has 286 valence electrons. The van der Waals surface area contributed by atoms with E-state index in [0.717, 1.165) is 92.7 Å². The quantitative estimate of drug-likeness (QED) is 0.172. The second kappa shape index (κ2) is 13.4. The summed E-state index contributed by atoms with van der Waals surface area (Å²) in [5.41, 5.74) is 7.40. The number of para-hydroxylation sites is 1. The van der Waals surface area contributed by atoms with Crippen molar-refractivity contribution < 1.29 is 19.2 Å². The first-order chi connectivity index (χ1) is 27.7. The minimum absolute atomic E-state index is 0.348. The van der Waals surface area contributed by atoms with Gasteiger partial charge in [0.05, 0.1) is 33.9 Å². The minimum Gasteiger partial charge on any atom is -0.371 e. The molecular weight excluding hydrogens is 715 g/mol. The molecule has 0 atom stereocenters. The first kappa shape index (κ1) is 35.1. The molecule has 0 radical (unpaired) electrons. The number of anilines is 4. The van der Waals surface area contributed by atoms with Crippen LogP contribution in [-0.4, -0.2) is 73.1 Å². The van der Waals surface area contributed by atoms with Crippen molar-refractivity contribution in [2.75, 3.05) is 58.9 Å². The molecule has 0 unspecified atom stereocenters. The van der Waals surface area contributed by atoms with E-state index in [1.807, 2.05) is 73.7 Å². The Morgan fingerprint density at radius 3 is 1.61 bits per heavy atom. The molecule has 57 heavy (non-hydrogen) atoms. The van der Waals surface area contributed by atoms with Crippen LogP contribution in [0.1, 0.15) is 84.1 Å². The molecule has 2 N–H and O–H groups in total. The van der Waals surface area contributed by atoms with Gasteiger partial charge in [-0.1, -0.05) is 55.3 Å². The van der Waals surface area contributed by atoms with E-state index in [1.165, 1.54) is 9.80 Å². The molecule has 5 aromatic carbocycles. The number of carbonyl (C=O) groups excluding carboxylic acids is 4. The van der Waals surface area contributed by atoms with Crippen LogP contribution >= 0.6 is 0 Å². The van der Waals surface area contributed by atoms with Gasteiger partial charge in [-0.25, -0.2) is 9.80 Å². The number of amides is 4. The zero-order chi connectivity index (χ0) is 39.1. The number of nitrogens with zero attached hydrogens (tertiary/aromatic N) is 5. The Bertz CT molecular complexity index is 2700. The molecule has 0 aliphatic carbocycles. The van der Waals surface area contributed by atoms with Crippen molar-refractivity contribution in [1.29, 1.82) is 0 Å². The van der Waals surface area contributed by atoms with Gasteiger partial charge in [0.15, 0.2) is 0 Å². The summed E-state index contributed by atoms with van der Waals surface area (Å²) in [6.07, 6.45) is 4.46. The van der Waals surface area contributed by atoms with E-state index in [-0.39, 0.29) is 0 Å². The highest BCUT2D eigenvalue weighted by Crippen LogP contribution is 2.47. The third kappa shape index (κ3) is 5.25. The average molecular weight is 758 g/mol. The molecular formula is C46H43N7O4. The zero-order valence-electron chi connectivity index (χ0n) is 32.4. The van der Waals surface area contributed by atoms with Crippen LogP contribution in [0.5, 0.6) is 0 Å². The smallest absolute Gasteiger partial charge is 0.266 e. The molecule has 4 amide bonds. The number of H-pyrrole nitrogens is 1. The van der Waals surface area contributed by atoms with Crippen molar-refractivity contribution in [1.82, 2.24) is 15.5 Å². The molecule has 2 fully saturated rings. The van der Waals surface area contributed by atoms with E-state index in [0.29, 0.717) is 66.9 Å². The first-order valence-corrected chi connectivity index (χ1v) is 20.0. The minimum atomic E-state index is -0.481. The molecule has 1 aromatic heterocycles. The Kier molecular flexibility index (Phi) is 8.26. The standard InChI is InChI=1S/C46H43N7O4/c1-26-10-6-7-11-35(26)52-43(54)33-16-19-37(51-24-20-47-21-25-51)32-15-12-29(40(38(32)33)45(52)56)30-13-14-31-36(50-22-8-4-5-9-23-50)18-17-34-39(31)41(30)46(57)53(44(34)55)42-27(2)48-49-28(42)3/h6-7,10-19,47H,4-5,8-9,20-25H2,1-3H3,(H,48,49). The molecule has 11 heteroatoms. The van der Waals surface area contributed by atoms with E-state index >= 15 is 9.59 Å². The molecule has 5 heterocycles. The van der Waals surface area contributed by atoms with E-state index < -0.39 is 23.6 Å². The van der Waals surface area contributed by atoms with E-state index in [1.54, 1.807) is 19.9 Å². The number of rotatable bonds is 5. The van der Waals surface area contributed by atoms with Crippen LogP contribution in [0, 0.1) is 20.8 Å². The van der Waals surface area contributed by atoms with Gasteiger partial charge >= 0.3 is 0 Å². The number of carbonyl (C=O) groups is 4. The third-order valence-electron chi connectivity index (χ3n) is 12.4. The number of aromatic amines is 1. The number of hydrogen-bond acceptors (Lipinski definition) is 8. The Morgan fingerprint density at radius 2 is 1.05 bits per heavy atom. The van der Waals surface area contributed by atoms with Gasteiger partial charge in [0.25, 0.3) is 23.6 Å². The van der Waals surface area contributed by atoms with Gasteiger partial charge in [-0.3, -0.25) is 24.3 Å². The molecule has 11 nitrogen and oxygen atoms in total. The Hall–Kier alpha value is -6.33. The van der Waals surface area contributed by atoms with Gasteiger partial charge in [0.2, 0.25) is 0 Å². The molecule has 0 saturated carbocycles. The SMILES string of the molecule is Cc1ccccc1N1C(=O)c2ccc(N3CCNCC3)c3ccc(-c4ccc5c(N6CCCCCC6)ccc6c5c4C(=O)N(c4c(C)n[nH]c4C)C6=O)c(c23)C1=O. The van der Waals surface area contributed by atoms with Gasteiger partial charge in [-0.2, -0.15) is 5.10 Å². The number of aromatic nitrogens is 2. The summed E-state index contributed by atoms with van der Waals surface area (Å²) in [6, 6.07) is 23.0. The predicted octanol–water partition coefficient (Wildman–Crippen LogP) is 7.70. The van der Waals surface area contributed by atoms with Gasteiger partial charge in [-0.05, 0) is 80.6 Å². The van der Waals surface area contributed by atoms with Crippen LogP contribution in [0.25, 0.3) is 32.7 Å². The van der Waals surface area contributed by atoms with E-state index in [4.69, 9.17) is 0 Å². The summed E-state index contributed by atoms with van der Waals surface area (Å²) in [6.45, 7) is 10.5. The molecule has 6 aromatic rings. The summed E-state index contributed by atoms with van der Waals surface area (Å²) in [5, 5.41) is 13.5. The van der Waals surface area contributed by atoms with E-state index in [2.05, 4.69) is 25.3 Å². The maximum absolute atomic E-state index is 15.3. The number of benzene rings is 5. The third-order valence-corrected chi connectivity index (χ3v) is 12.4. The lowest BCUT2D eigenvalue weighted by molar-refractivity contribution is 0.0876. The summed E-state index contributed by atoms with van der Waals surface area (Å²) < 4.78 is 0. The van der Waals surface area contributed by atoms with Crippen molar-refractivity contribution >= 4 is 67.9 Å². The number of hydrogen-bond donors (Lipinski definition) is 2. The first-order valence-electron chi connectivity index (χ1n) is 20.0. The van der Waals surface area contributed by atoms with Gasteiger partial charge in [0.1, 0.15) is 0 Å². The van der Waals surface area contributed by atoms with Crippen LogP contribution in [0.2, 0.25) is 0 Å². The second-order valence-electron chi connectivity index (χ2n) is 15.7. The second-order valence-corrected chi connectivity index (χ2v) is 15.7. The highest BCUT2D eigenvalue weighted by Gasteiger charge is 2.42. The summed E-state index contributed by atoms with van der Waals surface area (Å²) in [4.78, 5) is 66.9. The van der Waals surface area contributed by atoms with Crippen LogP contribution in [0.3, 0.4) is 0 Å². The van der Waals surface area contributed by atoms with Crippen molar-refractivity contribution in [3.8, 4) is 11.1 Å². The molecule has 2 saturated heterocycles. The Balaban J connectivity index is 1.28.